The van der Waals surface area contributed by atoms with Gasteiger partial charge in [0.25, 0.3) is 5.91 Å². The molecule has 0 aliphatic heterocycles. The molecule has 0 saturated carbocycles. The van der Waals surface area contributed by atoms with E-state index in [1.165, 1.54) is 23.5 Å². The Labute approximate surface area is 154 Å². The van der Waals surface area contributed by atoms with Crippen LogP contribution in [-0.2, 0) is 4.74 Å². The molecule has 1 heterocycles. The van der Waals surface area contributed by atoms with Crippen molar-refractivity contribution in [3.8, 4) is 22.4 Å². The Hall–Kier alpha value is -2.77. The van der Waals surface area contributed by atoms with E-state index in [9.17, 15) is 9.18 Å². The number of nitrogens with one attached hydrogen (secondary N) is 1. The summed E-state index contributed by atoms with van der Waals surface area (Å²) in [4.78, 5) is 16.4. The fourth-order valence-electron chi connectivity index (χ4n) is 2.51. The van der Waals surface area contributed by atoms with Crippen LogP contribution in [0.15, 0.2) is 47.8 Å². The van der Waals surface area contributed by atoms with Crippen LogP contribution in [0.5, 0.6) is 0 Å². The number of rotatable bonds is 6. The molecule has 26 heavy (non-hydrogen) atoms. The Kier molecular flexibility index (Phi) is 5.60. The summed E-state index contributed by atoms with van der Waals surface area (Å²) >= 11 is 1.38. The molecule has 0 unspecified atom stereocenters. The van der Waals surface area contributed by atoms with Gasteiger partial charge in [-0.2, -0.15) is 0 Å². The number of nitrogen functional groups attached to an aromatic ring is 1. The summed E-state index contributed by atoms with van der Waals surface area (Å²) in [7, 11) is 1.55. The Bertz CT molecular complexity index is 909. The summed E-state index contributed by atoms with van der Waals surface area (Å²) in [5, 5.41) is 5.09. The van der Waals surface area contributed by atoms with Crippen molar-refractivity contribution in [2.75, 3.05) is 26.0 Å². The number of methoxy groups -OCH3 is 1. The number of halogens is 1. The van der Waals surface area contributed by atoms with E-state index in [4.69, 9.17) is 10.5 Å². The molecular formula is C19H18FN3O2S. The molecule has 0 aliphatic rings. The summed E-state index contributed by atoms with van der Waals surface area (Å²) in [5.41, 5.74) is 9.10. The number of benzene rings is 2. The lowest BCUT2D eigenvalue weighted by Crippen LogP contribution is -2.27. The predicted octanol–water partition coefficient (Wildman–Crippen LogP) is 3.57. The van der Waals surface area contributed by atoms with Crippen molar-refractivity contribution in [1.82, 2.24) is 10.3 Å². The number of ether oxygens (including phenoxy) is 1. The van der Waals surface area contributed by atoms with Gasteiger partial charge < -0.3 is 15.8 Å². The number of hydrogen-bond acceptors (Lipinski definition) is 5. The normalized spacial score (nSPS) is 10.7. The standard InChI is InChI=1S/C19H18FN3O2S/c1-25-7-6-22-18(24)15-8-14(9-16(20)10-15)12-2-4-13(5-3-12)17-11-26-19(21)23-17/h2-5,8-11H,6-7H2,1H3,(H2,21,23)(H,22,24). The topological polar surface area (TPSA) is 77.2 Å². The minimum Gasteiger partial charge on any atom is -0.383 e. The van der Waals surface area contributed by atoms with E-state index < -0.39 is 5.82 Å². The first-order valence-electron chi connectivity index (χ1n) is 7.96. The van der Waals surface area contributed by atoms with E-state index in [-0.39, 0.29) is 11.5 Å². The molecule has 0 fully saturated rings. The van der Waals surface area contributed by atoms with Crippen molar-refractivity contribution in [1.29, 1.82) is 0 Å². The number of carbonyl (C=O) groups is 1. The number of hydrogen-bond donors (Lipinski definition) is 2. The number of thiazole rings is 1. The van der Waals surface area contributed by atoms with Crippen LogP contribution in [0.3, 0.4) is 0 Å². The zero-order valence-electron chi connectivity index (χ0n) is 14.2. The number of anilines is 1. The number of amides is 1. The molecule has 1 amide bonds. The van der Waals surface area contributed by atoms with Gasteiger partial charge in [-0.25, -0.2) is 9.37 Å². The van der Waals surface area contributed by atoms with E-state index in [1.54, 1.807) is 13.2 Å². The second kappa shape index (κ2) is 8.07. The van der Waals surface area contributed by atoms with Crippen LogP contribution < -0.4 is 11.1 Å². The second-order valence-electron chi connectivity index (χ2n) is 5.63. The lowest BCUT2D eigenvalue weighted by Gasteiger charge is -2.08. The van der Waals surface area contributed by atoms with E-state index in [1.807, 2.05) is 29.6 Å². The fourth-order valence-corrected chi connectivity index (χ4v) is 3.08. The molecule has 5 nitrogen and oxygen atoms in total. The summed E-state index contributed by atoms with van der Waals surface area (Å²) in [6.07, 6.45) is 0. The third-order valence-electron chi connectivity index (χ3n) is 3.79. The van der Waals surface area contributed by atoms with Crippen molar-refractivity contribution in [3.05, 3.63) is 59.2 Å². The zero-order chi connectivity index (χ0) is 18.5. The van der Waals surface area contributed by atoms with Crippen molar-refractivity contribution < 1.29 is 13.9 Å². The van der Waals surface area contributed by atoms with Crippen LogP contribution in [0.1, 0.15) is 10.4 Å². The highest BCUT2D eigenvalue weighted by atomic mass is 32.1. The van der Waals surface area contributed by atoms with Crippen LogP contribution in [0.25, 0.3) is 22.4 Å². The predicted molar refractivity (Wildman–Crippen MR) is 102 cm³/mol. The van der Waals surface area contributed by atoms with Gasteiger partial charge in [-0.3, -0.25) is 4.79 Å². The molecule has 0 radical (unpaired) electrons. The number of nitrogens with two attached hydrogens (primary N) is 1. The Morgan fingerprint density at radius 3 is 2.58 bits per heavy atom. The van der Waals surface area contributed by atoms with Crippen LogP contribution in [0.4, 0.5) is 9.52 Å². The van der Waals surface area contributed by atoms with Gasteiger partial charge in [0.15, 0.2) is 5.13 Å². The van der Waals surface area contributed by atoms with Gasteiger partial charge in [-0.15, -0.1) is 11.3 Å². The lowest BCUT2D eigenvalue weighted by atomic mass is 10.0. The molecule has 3 N–H and O–H groups in total. The maximum absolute atomic E-state index is 14.0. The van der Waals surface area contributed by atoms with Gasteiger partial charge in [0.2, 0.25) is 0 Å². The van der Waals surface area contributed by atoms with E-state index >= 15 is 0 Å². The molecule has 0 bridgehead atoms. The highest BCUT2D eigenvalue weighted by molar-refractivity contribution is 7.13. The smallest absolute Gasteiger partial charge is 0.251 e. The molecule has 3 aromatic rings. The molecule has 2 aromatic carbocycles. The minimum absolute atomic E-state index is 0.271. The highest BCUT2D eigenvalue weighted by Crippen LogP contribution is 2.27. The maximum Gasteiger partial charge on any atom is 0.251 e. The van der Waals surface area contributed by atoms with Crippen molar-refractivity contribution in [2.24, 2.45) is 0 Å². The minimum atomic E-state index is -0.462. The molecule has 0 atom stereocenters. The van der Waals surface area contributed by atoms with Crippen molar-refractivity contribution >= 4 is 22.4 Å². The van der Waals surface area contributed by atoms with E-state index in [0.29, 0.717) is 23.8 Å². The fraction of sp³-hybridized carbons (Fsp3) is 0.158. The van der Waals surface area contributed by atoms with Gasteiger partial charge >= 0.3 is 0 Å². The molecular weight excluding hydrogens is 353 g/mol. The van der Waals surface area contributed by atoms with Crippen LogP contribution >= 0.6 is 11.3 Å². The zero-order valence-corrected chi connectivity index (χ0v) is 15.0. The van der Waals surface area contributed by atoms with Gasteiger partial charge in [0.1, 0.15) is 5.82 Å². The Morgan fingerprint density at radius 2 is 1.92 bits per heavy atom. The SMILES string of the molecule is COCCNC(=O)c1cc(F)cc(-c2ccc(-c3csc(N)n3)cc2)c1. The van der Waals surface area contributed by atoms with Crippen LogP contribution in [0.2, 0.25) is 0 Å². The Morgan fingerprint density at radius 1 is 1.19 bits per heavy atom. The number of carbonyl (C=O) groups excluding carboxylic acids is 1. The molecule has 7 heteroatoms. The summed E-state index contributed by atoms with van der Waals surface area (Å²) < 4.78 is 18.9. The quantitative estimate of drug-likeness (QED) is 0.650. The number of aromatic nitrogens is 1. The second-order valence-corrected chi connectivity index (χ2v) is 6.52. The first-order valence-corrected chi connectivity index (χ1v) is 8.84. The van der Waals surface area contributed by atoms with Gasteiger partial charge in [-0.1, -0.05) is 24.3 Å². The van der Waals surface area contributed by atoms with E-state index in [2.05, 4.69) is 10.3 Å². The molecule has 3 rings (SSSR count). The maximum atomic E-state index is 14.0. The molecule has 0 saturated heterocycles. The van der Waals surface area contributed by atoms with Gasteiger partial charge in [0.05, 0.1) is 12.3 Å². The molecule has 0 spiro atoms. The molecule has 0 aliphatic carbocycles. The number of nitrogens with zero attached hydrogens (tertiary/aromatic N) is 1. The largest absolute Gasteiger partial charge is 0.383 e. The summed E-state index contributed by atoms with van der Waals surface area (Å²) in [5.74, 6) is -0.798. The first kappa shape index (κ1) is 18.0. The molecule has 1 aromatic heterocycles. The van der Waals surface area contributed by atoms with Crippen molar-refractivity contribution in [3.63, 3.8) is 0 Å². The third kappa shape index (κ3) is 4.25. The first-order chi connectivity index (χ1) is 12.6. The van der Waals surface area contributed by atoms with E-state index in [0.717, 1.165) is 16.8 Å². The van der Waals surface area contributed by atoms with Crippen molar-refractivity contribution in [2.45, 2.75) is 0 Å². The highest BCUT2D eigenvalue weighted by Gasteiger charge is 2.10. The average molecular weight is 371 g/mol. The molecule has 134 valence electrons. The van der Waals surface area contributed by atoms with Gasteiger partial charge in [-0.05, 0) is 29.3 Å². The van der Waals surface area contributed by atoms with Gasteiger partial charge in [0, 0.05) is 30.2 Å². The summed E-state index contributed by atoms with van der Waals surface area (Å²) in [6.45, 7) is 0.767. The third-order valence-corrected chi connectivity index (χ3v) is 4.46. The monoisotopic (exact) mass is 371 g/mol. The van der Waals surface area contributed by atoms with Crippen LogP contribution in [-0.4, -0.2) is 31.2 Å². The lowest BCUT2D eigenvalue weighted by molar-refractivity contribution is 0.0936. The summed E-state index contributed by atoms with van der Waals surface area (Å²) in [6, 6.07) is 11.8. The Balaban J connectivity index is 1.83. The average Bonchev–Trinajstić information content (AvgIpc) is 3.08. The van der Waals surface area contributed by atoms with Crippen LogP contribution in [0, 0.1) is 5.82 Å².